The van der Waals surface area contributed by atoms with Gasteiger partial charge in [-0.25, -0.2) is 0 Å². The quantitative estimate of drug-likeness (QED) is 0.836. The molecule has 0 aromatic heterocycles. The summed E-state index contributed by atoms with van der Waals surface area (Å²) in [5.74, 6) is 0. The summed E-state index contributed by atoms with van der Waals surface area (Å²) in [6, 6.07) is 15.8. The van der Waals surface area contributed by atoms with Crippen molar-refractivity contribution in [2.45, 2.75) is 13.8 Å². The van der Waals surface area contributed by atoms with Gasteiger partial charge in [0.05, 0.1) is 11.6 Å². The van der Waals surface area contributed by atoms with Crippen LogP contribution in [0.4, 0.5) is 11.4 Å². The van der Waals surface area contributed by atoms with E-state index in [1.54, 1.807) is 6.07 Å². The molecule has 0 aliphatic heterocycles. The van der Waals surface area contributed by atoms with Crippen LogP contribution in [-0.2, 0) is 0 Å². The van der Waals surface area contributed by atoms with Gasteiger partial charge in [0.2, 0.25) is 0 Å². The fourth-order valence-electron chi connectivity index (χ4n) is 1.65. The fourth-order valence-corrected chi connectivity index (χ4v) is 1.65. The lowest BCUT2D eigenvalue weighted by Gasteiger charge is -2.08. The highest BCUT2D eigenvalue weighted by atomic mass is 14.9. The number of benzene rings is 2. The first-order valence-corrected chi connectivity index (χ1v) is 5.53. The van der Waals surface area contributed by atoms with Crippen LogP contribution in [0.1, 0.15) is 16.7 Å². The van der Waals surface area contributed by atoms with Gasteiger partial charge in [0.25, 0.3) is 0 Å². The lowest BCUT2D eigenvalue weighted by Crippen LogP contribution is -1.92. The van der Waals surface area contributed by atoms with Gasteiger partial charge in [-0.3, -0.25) is 0 Å². The smallest absolute Gasteiger partial charge is 0.0992 e. The molecular formula is C15H14N2. The maximum atomic E-state index is 8.83. The zero-order chi connectivity index (χ0) is 12.3. The number of anilines is 2. The van der Waals surface area contributed by atoms with E-state index >= 15 is 0 Å². The highest BCUT2D eigenvalue weighted by Gasteiger charge is 1.98. The highest BCUT2D eigenvalue weighted by molar-refractivity contribution is 5.62. The van der Waals surface area contributed by atoms with Crippen molar-refractivity contribution in [3.8, 4) is 6.07 Å². The van der Waals surface area contributed by atoms with Gasteiger partial charge in [-0.1, -0.05) is 12.1 Å². The maximum Gasteiger partial charge on any atom is 0.0992 e. The van der Waals surface area contributed by atoms with Crippen molar-refractivity contribution in [2.75, 3.05) is 5.32 Å². The van der Waals surface area contributed by atoms with Gasteiger partial charge >= 0.3 is 0 Å². The minimum absolute atomic E-state index is 0.666. The second-order valence-corrected chi connectivity index (χ2v) is 4.12. The third-order valence-corrected chi connectivity index (χ3v) is 2.79. The van der Waals surface area contributed by atoms with Crippen LogP contribution in [0.15, 0.2) is 42.5 Å². The Labute approximate surface area is 102 Å². The molecule has 2 aromatic carbocycles. The Balaban J connectivity index is 2.25. The van der Waals surface area contributed by atoms with Crippen LogP contribution in [0.2, 0.25) is 0 Å². The molecule has 0 spiro atoms. The summed E-state index contributed by atoms with van der Waals surface area (Å²) < 4.78 is 0. The molecule has 2 aromatic rings. The zero-order valence-electron chi connectivity index (χ0n) is 9.99. The molecule has 0 aliphatic carbocycles. The second-order valence-electron chi connectivity index (χ2n) is 4.12. The van der Waals surface area contributed by atoms with Gasteiger partial charge in [0.1, 0.15) is 0 Å². The van der Waals surface area contributed by atoms with Crippen LogP contribution in [0.3, 0.4) is 0 Å². The monoisotopic (exact) mass is 222 g/mol. The predicted octanol–water partition coefficient (Wildman–Crippen LogP) is 3.92. The Morgan fingerprint density at radius 1 is 0.941 bits per heavy atom. The molecular weight excluding hydrogens is 208 g/mol. The molecule has 84 valence electrons. The number of nitriles is 1. The zero-order valence-corrected chi connectivity index (χ0v) is 9.99. The predicted molar refractivity (Wildman–Crippen MR) is 70.4 cm³/mol. The molecule has 0 saturated carbocycles. The van der Waals surface area contributed by atoms with Crippen LogP contribution >= 0.6 is 0 Å². The van der Waals surface area contributed by atoms with Gasteiger partial charge in [-0.2, -0.15) is 5.26 Å². The summed E-state index contributed by atoms with van der Waals surface area (Å²) in [5, 5.41) is 12.1. The molecule has 0 bridgehead atoms. The second kappa shape index (κ2) is 4.71. The molecule has 0 atom stereocenters. The van der Waals surface area contributed by atoms with Crippen molar-refractivity contribution in [3.63, 3.8) is 0 Å². The van der Waals surface area contributed by atoms with E-state index in [0.717, 1.165) is 11.4 Å². The SMILES string of the molecule is Cc1ccc(Nc2cccc(C#N)c2)cc1C. The summed E-state index contributed by atoms with van der Waals surface area (Å²) in [7, 11) is 0. The van der Waals surface area contributed by atoms with E-state index in [0.29, 0.717) is 5.56 Å². The molecule has 2 rings (SSSR count). The summed E-state index contributed by atoms with van der Waals surface area (Å²) >= 11 is 0. The molecule has 2 heteroatoms. The minimum Gasteiger partial charge on any atom is -0.355 e. The number of hydrogen-bond acceptors (Lipinski definition) is 2. The number of nitrogens with one attached hydrogen (secondary N) is 1. The summed E-state index contributed by atoms with van der Waals surface area (Å²) in [4.78, 5) is 0. The number of nitrogens with zero attached hydrogens (tertiary/aromatic N) is 1. The summed E-state index contributed by atoms with van der Waals surface area (Å²) in [6.45, 7) is 4.18. The Kier molecular flexibility index (Phi) is 3.11. The number of aryl methyl sites for hydroxylation is 2. The van der Waals surface area contributed by atoms with Crippen molar-refractivity contribution < 1.29 is 0 Å². The van der Waals surface area contributed by atoms with E-state index < -0.39 is 0 Å². The van der Waals surface area contributed by atoms with Crippen molar-refractivity contribution in [1.82, 2.24) is 0 Å². The Hall–Kier alpha value is -2.27. The van der Waals surface area contributed by atoms with Gasteiger partial charge < -0.3 is 5.32 Å². The molecule has 0 amide bonds. The van der Waals surface area contributed by atoms with Crippen LogP contribution in [-0.4, -0.2) is 0 Å². The van der Waals surface area contributed by atoms with Crippen molar-refractivity contribution in [1.29, 1.82) is 5.26 Å². The Morgan fingerprint density at radius 3 is 2.41 bits per heavy atom. The molecule has 0 unspecified atom stereocenters. The Morgan fingerprint density at radius 2 is 1.71 bits per heavy atom. The molecule has 2 nitrogen and oxygen atoms in total. The van der Waals surface area contributed by atoms with Gasteiger partial charge in [0.15, 0.2) is 0 Å². The third-order valence-electron chi connectivity index (χ3n) is 2.79. The van der Waals surface area contributed by atoms with Crippen molar-refractivity contribution in [3.05, 3.63) is 59.2 Å². The molecule has 17 heavy (non-hydrogen) atoms. The summed E-state index contributed by atoms with van der Waals surface area (Å²) in [6.07, 6.45) is 0. The van der Waals surface area contributed by atoms with Crippen LogP contribution < -0.4 is 5.32 Å². The molecule has 0 radical (unpaired) electrons. The van der Waals surface area contributed by atoms with E-state index in [2.05, 4.69) is 37.4 Å². The van der Waals surface area contributed by atoms with Crippen LogP contribution in [0.5, 0.6) is 0 Å². The average Bonchev–Trinajstić information content (AvgIpc) is 2.34. The van der Waals surface area contributed by atoms with E-state index in [9.17, 15) is 0 Å². The minimum atomic E-state index is 0.666. The first-order valence-electron chi connectivity index (χ1n) is 5.53. The topological polar surface area (TPSA) is 35.8 Å². The van der Waals surface area contributed by atoms with Gasteiger partial charge in [-0.05, 0) is 55.3 Å². The van der Waals surface area contributed by atoms with E-state index in [1.165, 1.54) is 11.1 Å². The molecule has 0 fully saturated rings. The molecule has 1 N–H and O–H groups in total. The van der Waals surface area contributed by atoms with Crippen molar-refractivity contribution >= 4 is 11.4 Å². The van der Waals surface area contributed by atoms with Crippen molar-refractivity contribution in [2.24, 2.45) is 0 Å². The highest BCUT2D eigenvalue weighted by Crippen LogP contribution is 2.20. The fraction of sp³-hybridized carbons (Fsp3) is 0.133. The van der Waals surface area contributed by atoms with Gasteiger partial charge in [0, 0.05) is 11.4 Å². The maximum absolute atomic E-state index is 8.83. The van der Waals surface area contributed by atoms with Crippen LogP contribution in [0.25, 0.3) is 0 Å². The average molecular weight is 222 g/mol. The van der Waals surface area contributed by atoms with E-state index in [-0.39, 0.29) is 0 Å². The Bertz CT molecular complexity index is 580. The largest absolute Gasteiger partial charge is 0.355 e. The lowest BCUT2D eigenvalue weighted by molar-refractivity contribution is 1.34. The first kappa shape index (κ1) is 11.2. The van der Waals surface area contributed by atoms with Gasteiger partial charge in [-0.15, -0.1) is 0 Å². The number of hydrogen-bond donors (Lipinski definition) is 1. The third kappa shape index (κ3) is 2.64. The van der Waals surface area contributed by atoms with E-state index in [1.807, 2.05) is 24.3 Å². The van der Waals surface area contributed by atoms with Crippen LogP contribution in [0, 0.1) is 25.2 Å². The molecule has 0 heterocycles. The molecule has 0 saturated heterocycles. The summed E-state index contributed by atoms with van der Waals surface area (Å²) in [5.41, 5.74) is 5.18. The lowest BCUT2D eigenvalue weighted by atomic mass is 10.1. The standard InChI is InChI=1S/C15H14N2/c1-11-6-7-15(8-12(11)2)17-14-5-3-4-13(9-14)10-16/h3-9,17H,1-2H3. The normalized spacial score (nSPS) is 9.71. The first-order chi connectivity index (χ1) is 8.19. The molecule has 0 aliphatic rings. The number of rotatable bonds is 2. The van der Waals surface area contributed by atoms with E-state index in [4.69, 9.17) is 5.26 Å².